The van der Waals surface area contributed by atoms with E-state index in [1.807, 2.05) is 43.4 Å². The standard InChI is InChI=1S/C22H27FN2O2/c1-24(11-12-25-13-15-27-16-14-25)22(26)17-20(18-7-3-2-4-8-18)19-9-5-6-10-21(19)23/h2-10,20H,11-17H2,1H3. The number of ether oxygens (including phenoxy) is 1. The van der Waals surface area contributed by atoms with E-state index < -0.39 is 0 Å². The highest BCUT2D eigenvalue weighted by Crippen LogP contribution is 2.30. The van der Waals surface area contributed by atoms with Crippen molar-refractivity contribution in [1.29, 1.82) is 0 Å². The zero-order valence-electron chi connectivity index (χ0n) is 15.8. The molecule has 1 aliphatic heterocycles. The number of hydrogen-bond donors (Lipinski definition) is 0. The first-order valence-electron chi connectivity index (χ1n) is 9.48. The molecule has 0 aliphatic carbocycles. The molecule has 2 aromatic rings. The first-order valence-corrected chi connectivity index (χ1v) is 9.48. The average Bonchev–Trinajstić information content (AvgIpc) is 2.72. The van der Waals surface area contributed by atoms with Gasteiger partial charge >= 0.3 is 0 Å². The minimum Gasteiger partial charge on any atom is -0.379 e. The second-order valence-corrected chi connectivity index (χ2v) is 6.96. The number of morpholine rings is 1. The number of halogens is 1. The van der Waals surface area contributed by atoms with Crippen molar-refractivity contribution in [3.8, 4) is 0 Å². The molecule has 2 aromatic carbocycles. The molecule has 1 amide bonds. The summed E-state index contributed by atoms with van der Waals surface area (Å²) in [4.78, 5) is 16.9. The Bertz CT molecular complexity index is 732. The van der Waals surface area contributed by atoms with Crippen LogP contribution in [0, 0.1) is 5.82 Å². The largest absolute Gasteiger partial charge is 0.379 e. The fourth-order valence-electron chi connectivity index (χ4n) is 3.42. The van der Waals surface area contributed by atoms with E-state index in [2.05, 4.69) is 4.90 Å². The summed E-state index contributed by atoms with van der Waals surface area (Å²) in [6.45, 7) is 4.81. The lowest BCUT2D eigenvalue weighted by Gasteiger charge is -2.29. The van der Waals surface area contributed by atoms with Crippen LogP contribution in [0.3, 0.4) is 0 Å². The van der Waals surface area contributed by atoms with Crippen LogP contribution in [0.25, 0.3) is 0 Å². The molecular weight excluding hydrogens is 343 g/mol. The molecule has 5 heteroatoms. The van der Waals surface area contributed by atoms with Crippen LogP contribution in [0.15, 0.2) is 54.6 Å². The molecule has 1 heterocycles. The van der Waals surface area contributed by atoms with Gasteiger partial charge in [0.1, 0.15) is 5.82 Å². The summed E-state index contributed by atoms with van der Waals surface area (Å²) in [6, 6.07) is 16.4. The SMILES string of the molecule is CN(CCN1CCOCC1)C(=O)CC(c1ccccc1)c1ccccc1F. The molecule has 27 heavy (non-hydrogen) atoms. The van der Waals surface area contributed by atoms with E-state index in [1.165, 1.54) is 6.07 Å². The first-order chi connectivity index (χ1) is 13.1. The van der Waals surface area contributed by atoms with Gasteiger partial charge in [-0.15, -0.1) is 0 Å². The van der Waals surface area contributed by atoms with Crippen molar-refractivity contribution in [3.63, 3.8) is 0 Å². The van der Waals surface area contributed by atoms with E-state index in [1.54, 1.807) is 17.0 Å². The molecule has 1 atom stereocenters. The van der Waals surface area contributed by atoms with Crippen LogP contribution in [-0.4, -0.2) is 62.1 Å². The Kier molecular flexibility index (Phi) is 6.96. The molecule has 1 fully saturated rings. The van der Waals surface area contributed by atoms with E-state index in [-0.39, 0.29) is 24.1 Å². The van der Waals surface area contributed by atoms with E-state index >= 15 is 0 Å². The Balaban J connectivity index is 1.68. The van der Waals surface area contributed by atoms with E-state index in [9.17, 15) is 9.18 Å². The summed E-state index contributed by atoms with van der Waals surface area (Å²) in [5, 5.41) is 0. The van der Waals surface area contributed by atoms with Crippen molar-refractivity contribution in [1.82, 2.24) is 9.80 Å². The van der Waals surface area contributed by atoms with Crippen LogP contribution in [0.1, 0.15) is 23.5 Å². The van der Waals surface area contributed by atoms with Gasteiger partial charge in [-0.05, 0) is 17.2 Å². The normalized spacial score (nSPS) is 16.1. The van der Waals surface area contributed by atoms with Gasteiger partial charge in [0.05, 0.1) is 13.2 Å². The van der Waals surface area contributed by atoms with Crippen LogP contribution in [-0.2, 0) is 9.53 Å². The average molecular weight is 370 g/mol. The van der Waals surface area contributed by atoms with Crippen molar-refractivity contribution >= 4 is 5.91 Å². The molecule has 0 N–H and O–H groups in total. The van der Waals surface area contributed by atoms with Crippen LogP contribution in [0.4, 0.5) is 4.39 Å². The zero-order chi connectivity index (χ0) is 19.1. The lowest BCUT2D eigenvalue weighted by atomic mass is 9.88. The molecule has 0 bridgehead atoms. The fraction of sp³-hybridized carbons (Fsp3) is 0.409. The summed E-state index contributed by atoms with van der Waals surface area (Å²) in [5.74, 6) is -0.527. The third-order valence-electron chi connectivity index (χ3n) is 5.14. The summed E-state index contributed by atoms with van der Waals surface area (Å²) in [5.41, 5.74) is 1.52. The first kappa shape index (κ1) is 19.5. The number of carbonyl (C=O) groups excluding carboxylic acids is 1. The minimum absolute atomic E-state index is 0.0281. The lowest BCUT2D eigenvalue weighted by molar-refractivity contribution is -0.130. The van der Waals surface area contributed by atoms with Crippen LogP contribution >= 0.6 is 0 Å². The molecule has 0 saturated carbocycles. The molecular formula is C22H27FN2O2. The number of rotatable bonds is 7. The summed E-state index contributed by atoms with van der Waals surface area (Å²) < 4.78 is 19.8. The molecule has 1 aliphatic rings. The number of hydrogen-bond acceptors (Lipinski definition) is 3. The van der Waals surface area contributed by atoms with Gasteiger partial charge in [-0.1, -0.05) is 48.5 Å². The maximum Gasteiger partial charge on any atom is 0.223 e. The Morgan fingerprint density at radius 3 is 2.48 bits per heavy atom. The third kappa shape index (κ3) is 5.37. The molecule has 3 rings (SSSR count). The summed E-state index contributed by atoms with van der Waals surface area (Å²) in [7, 11) is 1.83. The van der Waals surface area contributed by atoms with E-state index in [4.69, 9.17) is 4.74 Å². The Morgan fingerprint density at radius 1 is 1.11 bits per heavy atom. The van der Waals surface area contributed by atoms with Gasteiger partial charge < -0.3 is 9.64 Å². The van der Waals surface area contributed by atoms with E-state index in [0.29, 0.717) is 12.1 Å². The van der Waals surface area contributed by atoms with Crippen LogP contribution < -0.4 is 0 Å². The van der Waals surface area contributed by atoms with Crippen molar-refractivity contribution in [2.45, 2.75) is 12.3 Å². The van der Waals surface area contributed by atoms with Gasteiger partial charge in [-0.2, -0.15) is 0 Å². The minimum atomic E-state index is -0.286. The van der Waals surface area contributed by atoms with E-state index in [0.717, 1.165) is 38.4 Å². The quantitative estimate of drug-likeness (QED) is 0.751. The Morgan fingerprint density at radius 2 is 1.78 bits per heavy atom. The van der Waals surface area contributed by atoms with Crippen LogP contribution in [0.5, 0.6) is 0 Å². The summed E-state index contributed by atoms with van der Waals surface area (Å²) >= 11 is 0. The molecule has 0 radical (unpaired) electrons. The highest BCUT2D eigenvalue weighted by atomic mass is 19.1. The topological polar surface area (TPSA) is 32.8 Å². The summed E-state index contributed by atoms with van der Waals surface area (Å²) in [6.07, 6.45) is 0.255. The predicted molar refractivity (Wildman–Crippen MR) is 104 cm³/mol. The molecule has 1 saturated heterocycles. The van der Waals surface area contributed by atoms with Gasteiger partial charge in [0.2, 0.25) is 5.91 Å². The maximum absolute atomic E-state index is 14.4. The zero-order valence-corrected chi connectivity index (χ0v) is 15.8. The number of nitrogens with zero attached hydrogens (tertiary/aromatic N) is 2. The highest BCUT2D eigenvalue weighted by Gasteiger charge is 2.23. The number of carbonyl (C=O) groups is 1. The van der Waals surface area contributed by atoms with Crippen molar-refractivity contribution in [2.75, 3.05) is 46.4 Å². The fourth-order valence-corrected chi connectivity index (χ4v) is 3.42. The monoisotopic (exact) mass is 370 g/mol. The van der Waals surface area contributed by atoms with Gasteiger partial charge in [0, 0.05) is 45.6 Å². The lowest BCUT2D eigenvalue weighted by Crippen LogP contribution is -2.42. The molecule has 4 nitrogen and oxygen atoms in total. The van der Waals surface area contributed by atoms with Gasteiger partial charge in [-0.3, -0.25) is 9.69 Å². The molecule has 0 aromatic heterocycles. The molecule has 0 spiro atoms. The van der Waals surface area contributed by atoms with Crippen molar-refractivity contribution < 1.29 is 13.9 Å². The van der Waals surface area contributed by atoms with Gasteiger partial charge in [-0.25, -0.2) is 4.39 Å². The predicted octanol–water partition coefficient (Wildman–Crippen LogP) is 3.14. The third-order valence-corrected chi connectivity index (χ3v) is 5.14. The Labute approximate surface area is 160 Å². The smallest absolute Gasteiger partial charge is 0.223 e. The number of amides is 1. The Hall–Kier alpha value is -2.24. The second-order valence-electron chi connectivity index (χ2n) is 6.96. The number of likely N-dealkylation sites (N-methyl/N-ethyl adjacent to an activating group) is 1. The maximum atomic E-state index is 14.4. The second kappa shape index (κ2) is 9.62. The van der Waals surface area contributed by atoms with Crippen molar-refractivity contribution in [3.05, 3.63) is 71.5 Å². The van der Waals surface area contributed by atoms with Crippen molar-refractivity contribution in [2.24, 2.45) is 0 Å². The van der Waals surface area contributed by atoms with Gasteiger partial charge in [0.15, 0.2) is 0 Å². The number of benzene rings is 2. The van der Waals surface area contributed by atoms with Crippen LogP contribution in [0.2, 0.25) is 0 Å². The highest BCUT2D eigenvalue weighted by molar-refractivity contribution is 5.77. The molecule has 144 valence electrons. The molecule has 1 unspecified atom stereocenters. The van der Waals surface area contributed by atoms with Gasteiger partial charge in [0.25, 0.3) is 0 Å².